The first kappa shape index (κ1) is 12.0. The molecule has 1 rings (SSSR count). The molecule has 1 aliphatic heterocycles. The van der Waals surface area contributed by atoms with Crippen molar-refractivity contribution in [3.8, 4) is 0 Å². The highest BCUT2D eigenvalue weighted by Gasteiger charge is 2.30. The molecule has 0 aromatic carbocycles. The van der Waals surface area contributed by atoms with Gasteiger partial charge in [-0.15, -0.1) is 0 Å². The minimum Gasteiger partial charge on any atom is -0.317 e. The Labute approximate surface area is 88.8 Å². The molecule has 1 saturated heterocycles. The summed E-state index contributed by atoms with van der Waals surface area (Å²) in [5.74, 6) is 0. The third kappa shape index (κ3) is 3.58. The Morgan fingerprint density at radius 3 is 2.43 bits per heavy atom. The highest BCUT2D eigenvalue weighted by molar-refractivity contribution is 4.86. The topological polar surface area (TPSA) is 24.1 Å². The first-order valence-electron chi connectivity index (χ1n) is 6.24. The second-order valence-corrected chi connectivity index (χ2v) is 4.68. The smallest absolute Gasteiger partial charge is 0.000876 e. The van der Waals surface area contributed by atoms with E-state index >= 15 is 0 Å². The first-order chi connectivity index (χ1) is 6.83. The molecule has 0 atom stereocenters. The van der Waals surface area contributed by atoms with Gasteiger partial charge in [-0.3, -0.25) is 0 Å². The average Bonchev–Trinajstić information content (AvgIpc) is 2.20. The van der Waals surface area contributed by atoms with Crippen LogP contribution in [0.5, 0.6) is 0 Å². The average molecular weight is 198 g/mol. The van der Waals surface area contributed by atoms with E-state index in [4.69, 9.17) is 0 Å². The minimum absolute atomic E-state index is 0.606. The molecule has 0 aromatic rings. The Bertz CT molecular complexity index is 134. The minimum atomic E-state index is 0.606. The van der Waals surface area contributed by atoms with Crippen molar-refractivity contribution >= 4 is 0 Å². The molecule has 0 aliphatic carbocycles. The molecule has 0 bridgehead atoms. The molecule has 1 aliphatic rings. The van der Waals surface area contributed by atoms with Crippen LogP contribution in [0, 0.1) is 5.41 Å². The Hall–Kier alpha value is -0.0800. The summed E-state index contributed by atoms with van der Waals surface area (Å²) in [7, 11) is 0. The second kappa shape index (κ2) is 6.41. The molecule has 2 N–H and O–H groups in total. The van der Waals surface area contributed by atoms with Gasteiger partial charge in [0.2, 0.25) is 0 Å². The Balaban J connectivity index is 2.34. The summed E-state index contributed by atoms with van der Waals surface area (Å²) in [6.45, 7) is 9.39. The molecule has 0 unspecified atom stereocenters. The van der Waals surface area contributed by atoms with Crippen LogP contribution in [0.15, 0.2) is 0 Å². The summed E-state index contributed by atoms with van der Waals surface area (Å²) in [5.41, 5.74) is 0.606. The van der Waals surface area contributed by atoms with Crippen LogP contribution in [0.3, 0.4) is 0 Å². The normalized spacial score (nSPS) is 21.0. The maximum Gasteiger partial charge on any atom is 0.000876 e. The molecule has 0 spiro atoms. The first-order valence-corrected chi connectivity index (χ1v) is 6.24. The van der Waals surface area contributed by atoms with E-state index in [1.165, 1.54) is 58.3 Å². The quantitative estimate of drug-likeness (QED) is 0.639. The summed E-state index contributed by atoms with van der Waals surface area (Å²) in [4.78, 5) is 0. The van der Waals surface area contributed by atoms with Crippen molar-refractivity contribution in [1.82, 2.24) is 10.6 Å². The molecule has 0 saturated carbocycles. The number of hydrogen-bond acceptors (Lipinski definition) is 2. The highest BCUT2D eigenvalue weighted by Crippen LogP contribution is 2.33. The lowest BCUT2D eigenvalue weighted by Gasteiger charge is -2.38. The van der Waals surface area contributed by atoms with Crippen LogP contribution in [0.4, 0.5) is 0 Å². The van der Waals surface area contributed by atoms with E-state index in [9.17, 15) is 0 Å². The van der Waals surface area contributed by atoms with Crippen LogP contribution in [0.25, 0.3) is 0 Å². The van der Waals surface area contributed by atoms with Gasteiger partial charge in [0, 0.05) is 6.54 Å². The number of nitrogens with one attached hydrogen (secondary N) is 2. The summed E-state index contributed by atoms with van der Waals surface area (Å²) < 4.78 is 0. The standard InChI is InChI=1S/C12H26N2/c1-3-5-12(11-14-8-4-2)6-9-13-10-7-12/h13-14H,3-11H2,1-2H3. The summed E-state index contributed by atoms with van der Waals surface area (Å²) in [5, 5.41) is 7.06. The number of hydrogen-bond donors (Lipinski definition) is 2. The van der Waals surface area contributed by atoms with Gasteiger partial charge in [-0.05, 0) is 50.7 Å². The van der Waals surface area contributed by atoms with Crippen molar-refractivity contribution < 1.29 is 0 Å². The molecule has 0 radical (unpaired) electrons. The summed E-state index contributed by atoms with van der Waals surface area (Å²) >= 11 is 0. The van der Waals surface area contributed by atoms with Crippen LogP contribution in [-0.4, -0.2) is 26.2 Å². The van der Waals surface area contributed by atoms with Crippen LogP contribution in [0.2, 0.25) is 0 Å². The van der Waals surface area contributed by atoms with E-state index in [2.05, 4.69) is 24.5 Å². The van der Waals surface area contributed by atoms with Gasteiger partial charge < -0.3 is 10.6 Å². The predicted molar refractivity (Wildman–Crippen MR) is 62.6 cm³/mol. The SMILES string of the molecule is CCCNCC1(CCC)CCNCC1. The zero-order valence-electron chi connectivity index (χ0n) is 9.86. The van der Waals surface area contributed by atoms with Gasteiger partial charge in [-0.1, -0.05) is 20.3 Å². The molecule has 0 aromatic heterocycles. The molecule has 14 heavy (non-hydrogen) atoms. The third-order valence-electron chi connectivity index (χ3n) is 3.37. The van der Waals surface area contributed by atoms with E-state index in [1.54, 1.807) is 0 Å². The van der Waals surface area contributed by atoms with E-state index in [-0.39, 0.29) is 0 Å². The molecular formula is C12H26N2. The van der Waals surface area contributed by atoms with E-state index in [0.29, 0.717) is 5.41 Å². The van der Waals surface area contributed by atoms with Crippen molar-refractivity contribution in [2.75, 3.05) is 26.2 Å². The van der Waals surface area contributed by atoms with E-state index in [0.717, 1.165) is 0 Å². The van der Waals surface area contributed by atoms with Gasteiger partial charge in [0.25, 0.3) is 0 Å². The van der Waals surface area contributed by atoms with Crippen molar-refractivity contribution in [3.63, 3.8) is 0 Å². The third-order valence-corrected chi connectivity index (χ3v) is 3.37. The summed E-state index contributed by atoms with van der Waals surface area (Å²) in [6.07, 6.45) is 6.69. The molecule has 2 heteroatoms. The van der Waals surface area contributed by atoms with Gasteiger partial charge in [0.05, 0.1) is 0 Å². The van der Waals surface area contributed by atoms with Crippen LogP contribution >= 0.6 is 0 Å². The van der Waals surface area contributed by atoms with Crippen molar-refractivity contribution in [1.29, 1.82) is 0 Å². The zero-order valence-corrected chi connectivity index (χ0v) is 9.86. The largest absolute Gasteiger partial charge is 0.317 e. The van der Waals surface area contributed by atoms with Crippen LogP contribution in [0.1, 0.15) is 46.0 Å². The fourth-order valence-corrected chi connectivity index (χ4v) is 2.53. The lowest BCUT2D eigenvalue weighted by molar-refractivity contribution is 0.176. The Morgan fingerprint density at radius 2 is 1.86 bits per heavy atom. The van der Waals surface area contributed by atoms with Crippen molar-refractivity contribution in [3.05, 3.63) is 0 Å². The molecule has 1 heterocycles. The lowest BCUT2D eigenvalue weighted by atomic mass is 9.75. The van der Waals surface area contributed by atoms with Gasteiger partial charge in [-0.2, -0.15) is 0 Å². The highest BCUT2D eigenvalue weighted by atomic mass is 14.9. The van der Waals surface area contributed by atoms with Crippen molar-refractivity contribution in [2.45, 2.75) is 46.0 Å². The molecule has 84 valence electrons. The van der Waals surface area contributed by atoms with Crippen LogP contribution in [-0.2, 0) is 0 Å². The zero-order chi connectivity index (χ0) is 10.3. The second-order valence-electron chi connectivity index (χ2n) is 4.68. The molecule has 0 amide bonds. The van der Waals surface area contributed by atoms with Crippen molar-refractivity contribution in [2.24, 2.45) is 5.41 Å². The Kier molecular flexibility index (Phi) is 5.49. The fraction of sp³-hybridized carbons (Fsp3) is 1.00. The number of piperidine rings is 1. The molecule has 2 nitrogen and oxygen atoms in total. The lowest BCUT2D eigenvalue weighted by Crippen LogP contribution is -2.43. The van der Waals surface area contributed by atoms with Gasteiger partial charge in [-0.25, -0.2) is 0 Å². The van der Waals surface area contributed by atoms with Gasteiger partial charge in [0.15, 0.2) is 0 Å². The maximum atomic E-state index is 3.60. The van der Waals surface area contributed by atoms with Gasteiger partial charge >= 0.3 is 0 Å². The van der Waals surface area contributed by atoms with Crippen LogP contribution < -0.4 is 10.6 Å². The number of rotatable bonds is 6. The fourth-order valence-electron chi connectivity index (χ4n) is 2.53. The molecular weight excluding hydrogens is 172 g/mol. The monoisotopic (exact) mass is 198 g/mol. The molecule has 1 fully saturated rings. The maximum absolute atomic E-state index is 3.60. The van der Waals surface area contributed by atoms with Gasteiger partial charge in [0.1, 0.15) is 0 Å². The Morgan fingerprint density at radius 1 is 1.14 bits per heavy atom. The summed E-state index contributed by atoms with van der Waals surface area (Å²) in [6, 6.07) is 0. The van der Waals surface area contributed by atoms with E-state index in [1.807, 2.05) is 0 Å². The predicted octanol–water partition coefficient (Wildman–Crippen LogP) is 2.16. The van der Waals surface area contributed by atoms with E-state index < -0.39 is 0 Å².